The van der Waals surface area contributed by atoms with Crippen LogP contribution in [0.25, 0.3) is 0 Å². The molecule has 2 aromatic rings. The van der Waals surface area contributed by atoms with E-state index in [2.05, 4.69) is 5.32 Å². The number of benzene rings is 1. The third kappa shape index (κ3) is 3.79. The van der Waals surface area contributed by atoms with E-state index >= 15 is 0 Å². The quantitative estimate of drug-likeness (QED) is 0.751. The van der Waals surface area contributed by atoms with Crippen LogP contribution in [-0.2, 0) is 10.0 Å². The van der Waals surface area contributed by atoms with Crippen molar-refractivity contribution in [2.45, 2.75) is 25.0 Å². The monoisotopic (exact) mass is 338 g/mol. The summed E-state index contributed by atoms with van der Waals surface area (Å²) in [5, 5.41) is 16.7. The number of sulfonamides is 1. The molecule has 0 radical (unpaired) electrons. The third-order valence-corrected chi connectivity index (χ3v) is 4.20. The molecule has 0 aliphatic carbocycles. The zero-order valence-electron chi connectivity index (χ0n) is 12.7. The molecule has 0 saturated heterocycles. The Morgan fingerprint density at radius 1 is 1.30 bits per heavy atom. The summed E-state index contributed by atoms with van der Waals surface area (Å²) in [7, 11) is -4.03. The molecule has 0 aliphatic heterocycles. The second kappa shape index (κ2) is 6.53. The van der Waals surface area contributed by atoms with Gasteiger partial charge in [-0.15, -0.1) is 0 Å². The van der Waals surface area contributed by atoms with E-state index in [1.165, 1.54) is 13.0 Å². The smallest absolute Gasteiger partial charge is 0.287 e. The molecule has 1 unspecified atom stereocenters. The van der Waals surface area contributed by atoms with Crippen LogP contribution in [0.4, 0.5) is 0 Å². The Bertz CT molecular complexity index is 826. The van der Waals surface area contributed by atoms with E-state index in [9.17, 15) is 18.3 Å². The summed E-state index contributed by atoms with van der Waals surface area (Å²) >= 11 is 0. The zero-order valence-corrected chi connectivity index (χ0v) is 13.6. The SMILES string of the molecule is Cc1ccccc1C(CO)NC(=O)c1oc(S(N)(=O)=O)cc1C. The van der Waals surface area contributed by atoms with E-state index in [1.54, 1.807) is 12.1 Å². The molecule has 1 aromatic heterocycles. The van der Waals surface area contributed by atoms with E-state index in [0.29, 0.717) is 5.56 Å². The Morgan fingerprint density at radius 2 is 1.96 bits per heavy atom. The van der Waals surface area contributed by atoms with Crippen molar-refractivity contribution < 1.29 is 22.7 Å². The van der Waals surface area contributed by atoms with Crippen LogP contribution in [0.15, 0.2) is 39.8 Å². The number of aryl methyl sites for hydroxylation is 2. The van der Waals surface area contributed by atoms with Crippen molar-refractivity contribution in [1.29, 1.82) is 0 Å². The predicted molar refractivity (Wildman–Crippen MR) is 83.3 cm³/mol. The predicted octanol–water partition coefficient (Wildman–Crippen LogP) is 1.01. The molecule has 0 bridgehead atoms. The van der Waals surface area contributed by atoms with Crippen molar-refractivity contribution in [2.24, 2.45) is 5.14 Å². The maximum atomic E-state index is 12.3. The minimum Gasteiger partial charge on any atom is -0.438 e. The van der Waals surface area contributed by atoms with Gasteiger partial charge in [0, 0.05) is 11.6 Å². The number of hydrogen-bond donors (Lipinski definition) is 3. The van der Waals surface area contributed by atoms with Gasteiger partial charge in [-0.3, -0.25) is 4.79 Å². The molecule has 0 spiro atoms. The summed E-state index contributed by atoms with van der Waals surface area (Å²) in [5.41, 5.74) is 2.01. The highest BCUT2D eigenvalue weighted by molar-refractivity contribution is 7.89. The number of carbonyl (C=O) groups is 1. The highest BCUT2D eigenvalue weighted by Crippen LogP contribution is 2.21. The Hall–Kier alpha value is -2.16. The van der Waals surface area contributed by atoms with Gasteiger partial charge in [-0.05, 0) is 25.0 Å². The van der Waals surface area contributed by atoms with Crippen molar-refractivity contribution in [1.82, 2.24) is 5.32 Å². The number of nitrogens with one attached hydrogen (secondary N) is 1. The molecule has 1 heterocycles. The Kier molecular flexibility index (Phi) is 4.88. The second-order valence-corrected chi connectivity index (χ2v) is 6.68. The van der Waals surface area contributed by atoms with Crippen LogP contribution in [0.2, 0.25) is 0 Å². The maximum absolute atomic E-state index is 12.3. The average Bonchev–Trinajstić information content (AvgIpc) is 2.87. The minimum absolute atomic E-state index is 0.152. The molecule has 0 fully saturated rings. The highest BCUT2D eigenvalue weighted by atomic mass is 32.2. The first-order valence-corrected chi connectivity index (χ1v) is 8.39. The summed E-state index contributed by atoms with van der Waals surface area (Å²) in [6, 6.07) is 7.86. The first-order valence-electron chi connectivity index (χ1n) is 6.84. The van der Waals surface area contributed by atoms with E-state index < -0.39 is 27.1 Å². The van der Waals surface area contributed by atoms with Gasteiger partial charge in [0.2, 0.25) is 5.09 Å². The zero-order chi connectivity index (χ0) is 17.2. The lowest BCUT2D eigenvalue weighted by Crippen LogP contribution is -2.31. The largest absolute Gasteiger partial charge is 0.438 e. The van der Waals surface area contributed by atoms with Crippen molar-refractivity contribution in [2.75, 3.05) is 6.61 Å². The van der Waals surface area contributed by atoms with E-state index in [-0.39, 0.29) is 12.4 Å². The van der Waals surface area contributed by atoms with E-state index in [0.717, 1.165) is 11.1 Å². The number of rotatable bonds is 5. The lowest BCUT2D eigenvalue weighted by atomic mass is 10.0. The van der Waals surface area contributed by atoms with Gasteiger partial charge in [-0.1, -0.05) is 24.3 Å². The summed E-state index contributed by atoms with van der Waals surface area (Å²) in [6.45, 7) is 3.09. The molecular weight excluding hydrogens is 320 g/mol. The topological polar surface area (TPSA) is 123 Å². The van der Waals surface area contributed by atoms with Crippen LogP contribution in [-0.4, -0.2) is 26.0 Å². The minimum atomic E-state index is -4.03. The van der Waals surface area contributed by atoms with Gasteiger partial charge in [0.15, 0.2) is 5.76 Å². The van der Waals surface area contributed by atoms with E-state index in [4.69, 9.17) is 9.56 Å². The van der Waals surface area contributed by atoms with Crippen LogP contribution in [0.1, 0.15) is 33.3 Å². The fourth-order valence-electron chi connectivity index (χ4n) is 2.24. The third-order valence-electron chi connectivity index (χ3n) is 3.43. The van der Waals surface area contributed by atoms with Crippen molar-refractivity contribution in [3.63, 3.8) is 0 Å². The molecule has 23 heavy (non-hydrogen) atoms. The highest BCUT2D eigenvalue weighted by Gasteiger charge is 2.24. The van der Waals surface area contributed by atoms with Gasteiger partial charge in [0.1, 0.15) is 0 Å². The number of carbonyl (C=O) groups excluding carboxylic acids is 1. The van der Waals surface area contributed by atoms with Crippen LogP contribution in [0.3, 0.4) is 0 Å². The molecular formula is C15H18N2O5S. The van der Waals surface area contributed by atoms with Gasteiger partial charge in [-0.25, -0.2) is 13.6 Å². The first-order chi connectivity index (χ1) is 10.7. The van der Waals surface area contributed by atoms with Gasteiger partial charge in [0.25, 0.3) is 15.9 Å². The van der Waals surface area contributed by atoms with Crippen LogP contribution in [0, 0.1) is 13.8 Å². The van der Waals surface area contributed by atoms with Gasteiger partial charge in [0.05, 0.1) is 12.6 Å². The number of nitrogens with two attached hydrogens (primary N) is 1. The summed E-state index contributed by atoms with van der Waals surface area (Å²) < 4.78 is 27.6. The maximum Gasteiger partial charge on any atom is 0.287 e. The number of aliphatic hydroxyl groups excluding tert-OH is 1. The van der Waals surface area contributed by atoms with Gasteiger partial charge in [-0.2, -0.15) is 0 Å². The lowest BCUT2D eigenvalue weighted by Gasteiger charge is -2.18. The number of amides is 1. The second-order valence-electron chi connectivity index (χ2n) is 5.19. The first kappa shape index (κ1) is 17.2. The molecule has 0 aliphatic rings. The summed E-state index contributed by atoms with van der Waals surface area (Å²) in [6.07, 6.45) is 0. The molecule has 2 rings (SSSR count). The van der Waals surface area contributed by atoms with Crippen LogP contribution in [0.5, 0.6) is 0 Å². The molecule has 124 valence electrons. The summed E-state index contributed by atoms with van der Waals surface area (Å²) in [4.78, 5) is 12.3. The molecule has 1 atom stereocenters. The Balaban J connectivity index is 2.28. The van der Waals surface area contributed by atoms with Crippen molar-refractivity contribution in [3.8, 4) is 0 Å². The summed E-state index contributed by atoms with van der Waals surface area (Å²) in [5.74, 6) is -0.777. The van der Waals surface area contributed by atoms with Gasteiger partial charge >= 0.3 is 0 Å². The number of aliphatic hydroxyl groups is 1. The fourth-order valence-corrected chi connectivity index (χ4v) is 2.78. The molecule has 1 aromatic carbocycles. The molecule has 8 heteroatoms. The number of furan rings is 1. The number of primary sulfonamides is 1. The lowest BCUT2D eigenvalue weighted by molar-refractivity contribution is 0.0881. The Labute approximate surface area is 134 Å². The van der Waals surface area contributed by atoms with Crippen molar-refractivity contribution >= 4 is 15.9 Å². The molecule has 4 N–H and O–H groups in total. The van der Waals surface area contributed by atoms with Crippen molar-refractivity contribution in [3.05, 3.63) is 52.8 Å². The molecule has 7 nitrogen and oxygen atoms in total. The Morgan fingerprint density at radius 3 is 2.48 bits per heavy atom. The fraction of sp³-hybridized carbons (Fsp3) is 0.267. The average molecular weight is 338 g/mol. The molecule has 1 amide bonds. The van der Waals surface area contributed by atoms with Gasteiger partial charge < -0.3 is 14.8 Å². The standard InChI is InChI=1S/C15H18N2O5S/c1-9-5-3-4-6-11(9)12(8-18)17-15(19)14-10(2)7-13(22-14)23(16,20)21/h3-7,12,18H,8H2,1-2H3,(H,17,19)(H2,16,20,21). The molecule has 0 saturated carbocycles. The van der Waals surface area contributed by atoms with E-state index in [1.807, 2.05) is 19.1 Å². The van der Waals surface area contributed by atoms with Crippen LogP contribution < -0.4 is 10.5 Å². The number of hydrogen-bond acceptors (Lipinski definition) is 5. The normalized spacial score (nSPS) is 12.9. The van der Waals surface area contributed by atoms with Crippen LogP contribution >= 0.6 is 0 Å².